The number of aryl methyl sites for hydroxylation is 2. The highest BCUT2D eigenvalue weighted by Crippen LogP contribution is 2.44. The number of pyridine rings is 1. The van der Waals surface area contributed by atoms with Crippen molar-refractivity contribution in [3.63, 3.8) is 0 Å². The van der Waals surface area contributed by atoms with E-state index in [1.165, 1.54) is 12.8 Å². The highest BCUT2D eigenvalue weighted by atomic mass is 35.5. The molecular formula is C18H17ClN4O. The minimum Gasteiger partial charge on any atom is -0.361 e. The Morgan fingerprint density at radius 3 is 2.88 bits per heavy atom. The summed E-state index contributed by atoms with van der Waals surface area (Å²) in [5.74, 6) is 1.33. The standard InChI is InChI=1S/C18H17ClN4O/c1-10-17(11(2)24-22-10)13-7-16-18(21-8-13)14(19)9-23(16)15(5-6-20)12-3-4-12/h7-9,12,15H,3-5H2,1-2H3. The van der Waals surface area contributed by atoms with E-state index >= 15 is 0 Å². The zero-order valence-corrected chi connectivity index (χ0v) is 14.3. The molecule has 122 valence electrons. The normalized spacial score (nSPS) is 15.6. The predicted molar refractivity (Wildman–Crippen MR) is 91.7 cm³/mol. The minimum atomic E-state index is 0.159. The van der Waals surface area contributed by atoms with Crippen molar-refractivity contribution in [2.24, 2.45) is 5.92 Å². The zero-order chi connectivity index (χ0) is 16.8. The molecule has 0 bridgehead atoms. The summed E-state index contributed by atoms with van der Waals surface area (Å²) in [6.45, 7) is 3.82. The largest absolute Gasteiger partial charge is 0.361 e. The van der Waals surface area contributed by atoms with E-state index in [1.54, 1.807) is 0 Å². The van der Waals surface area contributed by atoms with Gasteiger partial charge in [0.1, 0.15) is 11.3 Å². The van der Waals surface area contributed by atoms with Crippen LogP contribution in [0.5, 0.6) is 0 Å². The van der Waals surface area contributed by atoms with Gasteiger partial charge < -0.3 is 9.09 Å². The summed E-state index contributed by atoms with van der Waals surface area (Å²) < 4.78 is 7.41. The molecule has 6 heteroatoms. The number of halogens is 1. The lowest BCUT2D eigenvalue weighted by atomic mass is 10.1. The SMILES string of the molecule is Cc1noc(C)c1-c1cnc2c(Cl)cn(C(CC#N)C3CC3)c2c1. The van der Waals surface area contributed by atoms with Crippen molar-refractivity contribution in [3.05, 3.63) is 34.9 Å². The fraction of sp³-hybridized carbons (Fsp3) is 0.389. The monoisotopic (exact) mass is 340 g/mol. The summed E-state index contributed by atoms with van der Waals surface area (Å²) in [5, 5.41) is 13.8. The van der Waals surface area contributed by atoms with Gasteiger partial charge in [-0.25, -0.2) is 0 Å². The molecule has 3 aromatic rings. The molecule has 0 aliphatic heterocycles. The van der Waals surface area contributed by atoms with Gasteiger partial charge >= 0.3 is 0 Å². The molecule has 24 heavy (non-hydrogen) atoms. The maximum atomic E-state index is 9.20. The molecule has 0 saturated heterocycles. The Morgan fingerprint density at radius 1 is 1.46 bits per heavy atom. The van der Waals surface area contributed by atoms with Crippen molar-refractivity contribution in [1.29, 1.82) is 5.26 Å². The van der Waals surface area contributed by atoms with E-state index in [9.17, 15) is 5.26 Å². The fourth-order valence-corrected chi connectivity index (χ4v) is 3.71. The van der Waals surface area contributed by atoms with Crippen LogP contribution in [0.25, 0.3) is 22.2 Å². The molecule has 0 N–H and O–H groups in total. The fourth-order valence-electron chi connectivity index (χ4n) is 3.46. The molecule has 4 rings (SSSR count). The van der Waals surface area contributed by atoms with E-state index < -0.39 is 0 Å². The van der Waals surface area contributed by atoms with Gasteiger partial charge in [0.05, 0.1) is 28.7 Å². The summed E-state index contributed by atoms with van der Waals surface area (Å²) in [6, 6.07) is 4.55. The van der Waals surface area contributed by atoms with Gasteiger partial charge in [-0.3, -0.25) is 4.98 Å². The number of nitriles is 1. The van der Waals surface area contributed by atoms with Crippen LogP contribution < -0.4 is 0 Å². The van der Waals surface area contributed by atoms with Crippen molar-refractivity contribution in [2.45, 2.75) is 39.2 Å². The van der Waals surface area contributed by atoms with E-state index in [0.29, 0.717) is 17.4 Å². The van der Waals surface area contributed by atoms with Crippen LogP contribution in [0.15, 0.2) is 23.0 Å². The molecule has 3 heterocycles. The molecule has 0 radical (unpaired) electrons. The topological polar surface area (TPSA) is 67.6 Å². The van der Waals surface area contributed by atoms with Crippen LogP contribution >= 0.6 is 11.6 Å². The number of rotatable bonds is 4. The average molecular weight is 341 g/mol. The Kier molecular flexibility index (Phi) is 3.58. The third kappa shape index (κ3) is 2.38. The third-order valence-corrected chi connectivity index (χ3v) is 5.05. The minimum absolute atomic E-state index is 0.159. The second-order valence-corrected chi connectivity index (χ2v) is 6.85. The first-order chi connectivity index (χ1) is 11.6. The van der Waals surface area contributed by atoms with Crippen LogP contribution in [0.3, 0.4) is 0 Å². The summed E-state index contributed by atoms with van der Waals surface area (Å²) >= 11 is 6.39. The number of aromatic nitrogens is 3. The first-order valence-electron chi connectivity index (χ1n) is 8.06. The van der Waals surface area contributed by atoms with Gasteiger partial charge in [0, 0.05) is 29.6 Å². The Bertz CT molecular complexity index is 942. The van der Waals surface area contributed by atoms with Crippen LogP contribution in [-0.2, 0) is 0 Å². The zero-order valence-electron chi connectivity index (χ0n) is 13.6. The average Bonchev–Trinajstić information content (AvgIpc) is 3.28. The quantitative estimate of drug-likeness (QED) is 0.682. The van der Waals surface area contributed by atoms with Crippen molar-refractivity contribution in [2.75, 3.05) is 0 Å². The number of hydrogen-bond donors (Lipinski definition) is 0. The van der Waals surface area contributed by atoms with E-state index in [2.05, 4.69) is 26.8 Å². The molecule has 0 amide bonds. The van der Waals surface area contributed by atoms with Gasteiger partial charge in [-0.05, 0) is 38.7 Å². The lowest BCUT2D eigenvalue weighted by Crippen LogP contribution is -2.09. The third-order valence-electron chi connectivity index (χ3n) is 4.77. The van der Waals surface area contributed by atoms with E-state index in [0.717, 1.165) is 33.6 Å². The van der Waals surface area contributed by atoms with Crippen molar-refractivity contribution >= 4 is 22.6 Å². The van der Waals surface area contributed by atoms with E-state index in [4.69, 9.17) is 16.1 Å². The molecule has 0 aromatic carbocycles. The molecule has 1 unspecified atom stereocenters. The maximum Gasteiger partial charge on any atom is 0.141 e. The van der Waals surface area contributed by atoms with E-state index in [-0.39, 0.29) is 6.04 Å². The second kappa shape index (κ2) is 5.64. The predicted octanol–water partition coefficient (Wildman–Crippen LogP) is 4.83. The molecule has 1 fully saturated rings. The Hall–Kier alpha value is -2.32. The summed E-state index contributed by atoms with van der Waals surface area (Å²) in [4.78, 5) is 4.56. The Labute approximate surface area is 144 Å². The van der Waals surface area contributed by atoms with Crippen LogP contribution in [-0.4, -0.2) is 14.7 Å². The molecule has 1 atom stereocenters. The number of hydrogen-bond acceptors (Lipinski definition) is 4. The van der Waals surface area contributed by atoms with Gasteiger partial charge in [0.25, 0.3) is 0 Å². The summed E-state index contributed by atoms with van der Waals surface area (Å²) in [6.07, 6.45) is 6.54. The maximum absolute atomic E-state index is 9.20. The van der Waals surface area contributed by atoms with Crippen molar-refractivity contribution < 1.29 is 4.52 Å². The van der Waals surface area contributed by atoms with Crippen molar-refractivity contribution in [1.82, 2.24) is 14.7 Å². The first-order valence-corrected chi connectivity index (χ1v) is 8.44. The Morgan fingerprint density at radius 2 is 2.25 bits per heavy atom. The highest BCUT2D eigenvalue weighted by molar-refractivity contribution is 6.35. The lowest BCUT2D eigenvalue weighted by molar-refractivity contribution is 0.393. The molecule has 1 aliphatic rings. The van der Waals surface area contributed by atoms with Gasteiger partial charge in [-0.15, -0.1) is 0 Å². The summed E-state index contributed by atoms with van der Waals surface area (Å²) in [7, 11) is 0. The molecule has 3 aromatic heterocycles. The van der Waals surface area contributed by atoms with Gasteiger partial charge in [-0.2, -0.15) is 5.26 Å². The summed E-state index contributed by atoms with van der Waals surface area (Å²) in [5.41, 5.74) is 4.51. The van der Waals surface area contributed by atoms with Gasteiger partial charge in [0.15, 0.2) is 0 Å². The highest BCUT2D eigenvalue weighted by Gasteiger charge is 2.33. The van der Waals surface area contributed by atoms with Crippen LogP contribution in [0, 0.1) is 31.1 Å². The first kappa shape index (κ1) is 15.2. The molecule has 5 nitrogen and oxygen atoms in total. The number of fused-ring (bicyclic) bond motifs is 1. The van der Waals surface area contributed by atoms with Gasteiger partial charge in [-0.1, -0.05) is 16.8 Å². The van der Waals surface area contributed by atoms with Crippen molar-refractivity contribution in [3.8, 4) is 17.2 Å². The van der Waals surface area contributed by atoms with Gasteiger partial charge in [0.2, 0.25) is 0 Å². The van der Waals surface area contributed by atoms with Crippen LogP contribution in [0.1, 0.15) is 36.8 Å². The Balaban J connectivity index is 1.89. The van der Waals surface area contributed by atoms with Crippen LogP contribution in [0.4, 0.5) is 0 Å². The lowest BCUT2D eigenvalue weighted by Gasteiger charge is -2.16. The number of nitrogens with zero attached hydrogens (tertiary/aromatic N) is 4. The van der Waals surface area contributed by atoms with Crippen LogP contribution in [0.2, 0.25) is 5.02 Å². The molecule has 1 saturated carbocycles. The van der Waals surface area contributed by atoms with E-state index in [1.807, 2.05) is 26.2 Å². The second-order valence-electron chi connectivity index (χ2n) is 6.44. The molecular weight excluding hydrogens is 324 g/mol. The molecule has 0 spiro atoms. The smallest absolute Gasteiger partial charge is 0.141 e. The molecule has 1 aliphatic carbocycles.